The Kier molecular flexibility index (Phi) is 13.3. The smallest absolute Gasteiger partial charge is 0.241 e. The number of rotatable bonds is 14. The van der Waals surface area contributed by atoms with Crippen molar-refractivity contribution in [3.05, 3.63) is 290 Å². The van der Waals surface area contributed by atoms with Gasteiger partial charge in [-0.05, 0) is 81.9 Å². The molecule has 8 nitrogen and oxygen atoms in total. The highest BCUT2D eigenvalue weighted by molar-refractivity contribution is 5.79. The maximum absolute atomic E-state index is 5.18. The van der Waals surface area contributed by atoms with Gasteiger partial charge < -0.3 is 4.90 Å². The van der Waals surface area contributed by atoms with Crippen LogP contribution in [0.4, 0.5) is 34.6 Å². The molecule has 0 saturated heterocycles. The molecule has 0 saturated carbocycles. The minimum atomic E-state index is -0.249. The van der Waals surface area contributed by atoms with E-state index in [-0.39, 0.29) is 5.41 Å². The SMILES string of the molecule is CC(C)(c1ccc(-c2ccc(N(c3ccccc3)c3ccccc3)cc2)cc1)c1ccc(-c2ccc(N(c3nc(-c4ccccc4)nc(-c4ccccc4)n3)c3nc(-c4ccccc4)nc(-c4ccccc4)n3)cc2)cc1. The largest absolute Gasteiger partial charge is 0.311 e. The van der Waals surface area contributed by atoms with Crippen molar-refractivity contribution in [3.63, 3.8) is 0 Å². The van der Waals surface area contributed by atoms with Gasteiger partial charge in [0.1, 0.15) is 0 Å². The van der Waals surface area contributed by atoms with Gasteiger partial charge in [-0.25, -0.2) is 14.9 Å². The molecule has 0 aliphatic rings. The maximum Gasteiger partial charge on any atom is 0.241 e. The van der Waals surface area contributed by atoms with Gasteiger partial charge in [0.25, 0.3) is 0 Å². The summed E-state index contributed by atoms with van der Waals surface area (Å²) in [6.45, 7) is 4.58. The quantitative estimate of drug-likeness (QED) is 0.107. The first-order valence-electron chi connectivity index (χ1n) is 25.8. The van der Waals surface area contributed by atoms with E-state index in [1.165, 1.54) is 22.3 Å². The molecule has 0 fully saturated rings. The number of para-hydroxylation sites is 2. The van der Waals surface area contributed by atoms with Gasteiger partial charge in [0, 0.05) is 44.7 Å². The second-order valence-corrected chi connectivity index (χ2v) is 19.2. The average molecular weight is 993 g/mol. The maximum atomic E-state index is 5.18. The minimum absolute atomic E-state index is 0.249. The lowest BCUT2D eigenvalue weighted by molar-refractivity contribution is 0.641. The zero-order valence-corrected chi connectivity index (χ0v) is 42.6. The molecule has 0 aliphatic carbocycles. The van der Waals surface area contributed by atoms with E-state index >= 15 is 0 Å². The van der Waals surface area contributed by atoms with Gasteiger partial charge >= 0.3 is 0 Å². The highest BCUT2D eigenvalue weighted by Crippen LogP contribution is 2.39. The molecule has 10 aromatic carbocycles. The van der Waals surface area contributed by atoms with Crippen molar-refractivity contribution < 1.29 is 0 Å². The van der Waals surface area contributed by atoms with Crippen molar-refractivity contribution >= 4 is 34.6 Å². The first-order chi connectivity index (χ1) is 37.9. The Labute approximate surface area is 449 Å². The second-order valence-electron chi connectivity index (χ2n) is 19.2. The van der Waals surface area contributed by atoms with Crippen LogP contribution in [-0.4, -0.2) is 29.9 Å². The van der Waals surface area contributed by atoms with E-state index in [4.69, 9.17) is 29.9 Å². The summed E-state index contributed by atoms with van der Waals surface area (Å²) in [5, 5.41) is 0. The minimum Gasteiger partial charge on any atom is -0.311 e. The van der Waals surface area contributed by atoms with Crippen LogP contribution in [0.2, 0.25) is 0 Å². The molecule has 368 valence electrons. The molecule has 12 rings (SSSR count). The van der Waals surface area contributed by atoms with Crippen molar-refractivity contribution in [1.82, 2.24) is 29.9 Å². The summed E-state index contributed by atoms with van der Waals surface area (Å²) in [6.07, 6.45) is 0. The molecule has 8 heteroatoms. The molecule has 0 radical (unpaired) electrons. The third-order valence-corrected chi connectivity index (χ3v) is 13.9. The van der Waals surface area contributed by atoms with Crippen LogP contribution in [-0.2, 0) is 5.41 Å². The molecular weight excluding hydrogens is 941 g/mol. The molecule has 2 aromatic heterocycles. The predicted octanol–water partition coefficient (Wildman–Crippen LogP) is 17.3. The number of hydrogen-bond acceptors (Lipinski definition) is 8. The average Bonchev–Trinajstić information content (AvgIpc) is 3.51. The Morgan fingerprint density at radius 3 is 0.740 bits per heavy atom. The first kappa shape index (κ1) is 47.8. The zero-order valence-electron chi connectivity index (χ0n) is 42.6. The Bertz CT molecular complexity index is 3600. The molecule has 77 heavy (non-hydrogen) atoms. The van der Waals surface area contributed by atoms with Gasteiger partial charge in [0.2, 0.25) is 11.9 Å². The van der Waals surface area contributed by atoms with Crippen molar-refractivity contribution in [2.24, 2.45) is 0 Å². The lowest BCUT2D eigenvalue weighted by atomic mass is 9.77. The molecule has 0 unspecified atom stereocenters. The molecule has 2 heterocycles. The standard InChI is InChI=1S/C69H52N8/c1-69(2,57-41-33-49(34-42-57)51-37-45-61(46-38-51)76(59-29-17-7-18-30-59)60-31-19-8-20-32-60)58-43-35-50(36-44-58)52-39-47-62(48-40-52)77(67-72-63(53-21-9-3-10-22-53)70-64(73-67)54-23-11-4-12-24-54)68-74-65(55-25-13-5-14-26-55)71-66(75-68)56-27-15-6-16-28-56/h3-48H,1-2H3. The summed E-state index contributed by atoms with van der Waals surface area (Å²) in [5.74, 6) is 2.82. The molecule has 12 aromatic rings. The molecule has 0 amide bonds. The van der Waals surface area contributed by atoms with Gasteiger partial charge in [0.15, 0.2) is 23.3 Å². The number of aromatic nitrogens is 6. The highest BCUT2D eigenvalue weighted by Gasteiger charge is 2.26. The fourth-order valence-electron chi connectivity index (χ4n) is 9.65. The van der Waals surface area contributed by atoms with Crippen LogP contribution in [0.5, 0.6) is 0 Å². The van der Waals surface area contributed by atoms with E-state index in [2.05, 4.69) is 176 Å². The van der Waals surface area contributed by atoms with E-state index in [1.54, 1.807) is 0 Å². The Hall–Kier alpha value is -10.2. The molecular formula is C69H52N8. The molecule has 0 bridgehead atoms. The van der Waals surface area contributed by atoms with Gasteiger partial charge in [-0.1, -0.05) is 244 Å². The topological polar surface area (TPSA) is 83.8 Å². The van der Waals surface area contributed by atoms with Crippen LogP contribution in [0.15, 0.2) is 279 Å². The van der Waals surface area contributed by atoms with Crippen LogP contribution in [0.3, 0.4) is 0 Å². The molecule has 0 atom stereocenters. The number of anilines is 6. The van der Waals surface area contributed by atoms with Crippen molar-refractivity contribution in [3.8, 4) is 67.8 Å². The summed E-state index contributed by atoms with van der Waals surface area (Å²) in [5.41, 5.74) is 14.2. The van der Waals surface area contributed by atoms with Crippen LogP contribution in [0.1, 0.15) is 25.0 Å². The monoisotopic (exact) mass is 992 g/mol. The van der Waals surface area contributed by atoms with Crippen molar-refractivity contribution in [2.75, 3.05) is 9.80 Å². The second kappa shape index (κ2) is 21.3. The number of nitrogens with zero attached hydrogens (tertiary/aromatic N) is 8. The third-order valence-electron chi connectivity index (χ3n) is 13.9. The third kappa shape index (κ3) is 10.2. The number of hydrogen-bond donors (Lipinski definition) is 0. The summed E-state index contributed by atoms with van der Waals surface area (Å²) in [7, 11) is 0. The van der Waals surface area contributed by atoms with Gasteiger partial charge in [-0.3, -0.25) is 0 Å². The normalized spacial score (nSPS) is 11.2. The van der Waals surface area contributed by atoms with Gasteiger partial charge in [-0.15, -0.1) is 0 Å². The van der Waals surface area contributed by atoms with E-state index < -0.39 is 0 Å². The van der Waals surface area contributed by atoms with Gasteiger partial charge in [-0.2, -0.15) is 19.9 Å². The summed E-state index contributed by atoms with van der Waals surface area (Å²) < 4.78 is 0. The summed E-state index contributed by atoms with van der Waals surface area (Å²) >= 11 is 0. The fourth-order valence-corrected chi connectivity index (χ4v) is 9.65. The molecule has 0 aliphatic heterocycles. The van der Waals surface area contributed by atoms with Crippen molar-refractivity contribution in [2.45, 2.75) is 19.3 Å². The lowest BCUT2D eigenvalue weighted by Crippen LogP contribution is -2.19. The summed E-state index contributed by atoms with van der Waals surface area (Å²) in [4.78, 5) is 34.9. The Morgan fingerprint density at radius 1 is 0.221 bits per heavy atom. The highest BCUT2D eigenvalue weighted by atomic mass is 15.4. The zero-order chi connectivity index (χ0) is 52.0. The molecule has 0 spiro atoms. The van der Waals surface area contributed by atoms with Crippen LogP contribution in [0, 0.1) is 0 Å². The van der Waals surface area contributed by atoms with Crippen LogP contribution < -0.4 is 9.80 Å². The van der Waals surface area contributed by atoms with Gasteiger partial charge in [0.05, 0.1) is 5.69 Å². The summed E-state index contributed by atoms with van der Waals surface area (Å²) in [6, 6.07) is 96.0. The van der Waals surface area contributed by atoms with E-state index in [0.29, 0.717) is 35.2 Å². The van der Waals surface area contributed by atoms with E-state index in [1.807, 2.05) is 126 Å². The predicted molar refractivity (Wildman–Crippen MR) is 314 cm³/mol. The first-order valence-corrected chi connectivity index (χ1v) is 25.8. The van der Waals surface area contributed by atoms with E-state index in [9.17, 15) is 0 Å². The van der Waals surface area contributed by atoms with Crippen LogP contribution in [0.25, 0.3) is 67.8 Å². The number of benzene rings is 10. The Balaban J connectivity index is 0.859. The lowest BCUT2D eigenvalue weighted by Gasteiger charge is -2.27. The van der Waals surface area contributed by atoms with Crippen LogP contribution >= 0.6 is 0 Å². The van der Waals surface area contributed by atoms with Crippen molar-refractivity contribution in [1.29, 1.82) is 0 Å². The fraction of sp³-hybridized carbons (Fsp3) is 0.0435. The Morgan fingerprint density at radius 2 is 0.455 bits per heavy atom. The molecule has 0 N–H and O–H groups in total. The van der Waals surface area contributed by atoms with E-state index in [0.717, 1.165) is 56.1 Å².